The Morgan fingerprint density at radius 2 is 1.66 bits per heavy atom. The first-order valence-electron chi connectivity index (χ1n) is 9.92. The number of para-hydroxylation sites is 1. The van der Waals surface area contributed by atoms with Crippen LogP contribution in [0, 0.1) is 11.8 Å². The Morgan fingerprint density at radius 3 is 2.28 bits per heavy atom. The molecule has 0 unspecified atom stereocenters. The minimum absolute atomic E-state index is 0.185. The second-order valence-electron chi connectivity index (χ2n) is 7.75. The van der Waals surface area contributed by atoms with E-state index in [1.165, 1.54) is 0 Å². The highest BCUT2D eigenvalue weighted by molar-refractivity contribution is 7.89. The Morgan fingerprint density at radius 1 is 1.03 bits per heavy atom. The molecular weight excluding hydrogens is 388 g/mol. The molecule has 0 saturated carbocycles. The van der Waals surface area contributed by atoms with Gasteiger partial charge in [-0.3, -0.25) is 4.79 Å². The first-order valence-corrected chi connectivity index (χ1v) is 11.4. The molecule has 1 N–H and O–H groups in total. The topological polar surface area (TPSA) is 75.7 Å². The van der Waals surface area contributed by atoms with Gasteiger partial charge in [-0.2, -0.15) is 4.31 Å². The zero-order chi connectivity index (χ0) is 20.9. The van der Waals surface area contributed by atoms with E-state index in [-0.39, 0.29) is 23.8 Å². The van der Waals surface area contributed by atoms with Gasteiger partial charge in [0.15, 0.2) is 0 Å². The number of piperidine rings is 1. The number of hydrogen-bond acceptors (Lipinski definition) is 4. The number of carbonyl (C=O) groups excluding carboxylic acids is 1. The molecule has 0 aromatic heterocycles. The molecule has 1 amide bonds. The molecule has 1 heterocycles. The van der Waals surface area contributed by atoms with Gasteiger partial charge in [-0.25, -0.2) is 8.42 Å². The molecule has 0 spiro atoms. The zero-order valence-electron chi connectivity index (χ0n) is 16.9. The maximum absolute atomic E-state index is 12.9. The van der Waals surface area contributed by atoms with Crippen LogP contribution in [0.5, 0.6) is 5.75 Å². The van der Waals surface area contributed by atoms with Gasteiger partial charge in [0.25, 0.3) is 0 Å². The molecule has 3 rings (SSSR count). The maximum Gasteiger partial charge on any atom is 0.243 e. The Kier molecular flexibility index (Phi) is 6.92. The molecule has 2 atom stereocenters. The Labute approximate surface area is 172 Å². The highest BCUT2D eigenvalue weighted by atomic mass is 32.2. The van der Waals surface area contributed by atoms with Crippen LogP contribution in [0.15, 0.2) is 59.5 Å². The minimum Gasteiger partial charge on any atom is -0.493 e. The summed E-state index contributed by atoms with van der Waals surface area (Å²) in [6.07, 6.45) is 1.25. The number of nitrogens with zero attached hydrogens (tertiary/aromatic N) is 1. The van der Waals surface area contributed by atoms with Crippen molar-refractivity contribution in [1.82, 2.24) is 4.31 Å². The molecule has 29 heavy (non-hydrogen) atoms. The standard InChI is InChI=1S/C22H28N2O4S/c1-17-14-18(2)16-24(15-17)29(26,27)21-10-8-19(9-11-21)23-22(25)12-13-28-20-6-4-3-5-7-20/h3-11,17-18H,12-16H2,1-2H3,(H,23,25)/t17-,18-/m0/s1. The van der Waals surface area contributed by atoms with Crippen LogP contribution >= 0.6 is 0 Å². The van der Waals surface area contributed by atoms with E-state index in [0.717, 1.165) is 12.2 Å². The number of carbonyl (C=O) groups is 1. The van der Waals surface area contributed by atoms with Crippen molar-refractivity contribution in [3.63, 3.8) is 0 Å². The van der Waals surface area contributed by atoms with Crippen LogP contribution in [-0.4, -0.2) is 38.3 Å². The largest absolute Gasteiger partial charge is 0.493 e. The van der Waals surface area contributed by atoms with Gasteiger partial charge in [0.1, 0.15) is 5.75 Å². The van der Waals surface area contributed by atoms with Gasteiger partial charge in [-0.1, -0.05) is 32.0 Å². The predicted molar refractivity (Wildman–Crippen MR) is 113 cm³/mol. The number of anilines is 1. The van der Waals surface area contributed by atoms with E-state index in [2.05, 4.69) is 19.2 Å². The van der Waals surface area contributed by atoms with E-state index in [9.17, 15) is 13.2 Å². The fraction of sp³-hybridized carbons (Fsp3) is 0.409. The lowest BCUT2D eigenvalue weighted by molar-refractivity contribution is -0.116. The average Bonchev–Trinajstić information content (AvgIpc) is 2.68. The molecule has 1 saturated heterocycles. The lowest BCUT2D eigenvalue weighted by Crippen LogP contribution is -2.42. The predicted octanol–water partition coefficient (Wildman–Crippen LogP) is 3.76. The van der Waals surface area contributed by atoms with Crippen LogP contribution in [-0.2, 0) is 14.8 Å². The molecule has 1 aliphatic rings. The fourth-order valence-electron chi connectivity index (χ4n) is 3.66. The third-order valence-corrected chi connectivity index (χ3v) is 6.80. The summed E-state index contributed by atoms with van der Waals surface area (Å²) in [5, 5.41) is 2.77. The molecule has 1 aliphatic heterocycles. The second-order valence-corrected chi connectivity index (χ2v) is 9.69. The highest BCUT2D eigenvalue weighted by Gasteiger charge is 2.31. The van der Waals surface area contributed by atoms with Gasteiger partial charge >= 0.3 is 0 Å². The SMILES string of the molecule is C[C@H]1C[C@H](C)CN(S(=O)(=O)c2ccc(NC(=O)CCOc3ccccc3)cc2)C1. The molecular formula is C22H28N2O4S. The van der Waals surface area contributed by atoms with E-state index in [1.807, 2.05) is 30.3 Å². The number of nitrogens with one attached hydrogen (secondary N) is 1. The van der Waals surface area contributed by atoms with Gasteiger partial charge in [0.05, 0.1) is 17.9 Å². The highest BCUT2D eigenvalue weighted by Crippen LogP contribution is 2.27. The van der Waals surface area contributed by atoms with Crippen LogP contribution in [0.25, 0.3) is 0 Å². The quantitative estimate of drug-likeness (QED) is 0.746. The van der Waals surface area contributed by atoms with Crippen LogP contribution < -0.4 is 10.1 Å². The summed E-state index contributed by atoms with van der Waals surface area (Å²) < 4.78 is 32.9. The number of sulfonamides is 1. The lowest BCUT2D eigenvalue weighted by Gasteiger charge is -2.34. The van der Waals surface area contributed by atoms with E-state index in [1.54, 1.807) is 28.6 Å². The molecule has 0 bridgehead atoms. The van der Waals surface area contributed by atoms with Gasteiger partial charge < -0.3 is 10.1 Å². The summed E-state index contributed by atoms with van der Waals surface area (Å²) in [7, 11) is -3.52. The smallest absolute Gasteiger partial charge is 0.243 e. The lowest BCUT2D eigenvalue weighted by atomic mass is 9.94. The first-order chi connectivity index (χ1) is 13.8. The van der Waals surface area contributed by atoms with E-state index >= 15 is 0 Å². The van der Waals surface area contributed by atoms with Crippen molar-refractivity contribution < 1.29 is 17.9 Å². The third kappa shape index (κ3) is 5.81. The molecule has 156 valence electrons. The summed E-state index contributed by atoms with van der Waals surface area (Å²) in [5.41, 5.74) is 0.564. The first kappa shape index (κ1) is 21.3. The van der Waals surface area contributed by atoms with Crippen molar-refractivity contribution in [3.8, 4) is 5.75 Å². The van der Waals surface area contributed by atoms with Crippen LogP contribution in [0.3, 0.4) is 0 Å². The van der Waals surface area contributed by atoms with Gasteiger partial charge in [-0.15, -0.1) is 0 Å². The number of ether oxygens (including phenoxy) is 1. The summed E-state index contributed by atoms with van der Waals surface area (Å²) in [6.45, 7) is 5.53. The fourth-order valence-corrected chi connectivity index (χ4v) is 5.34. The number of hydrogen-bond donors (Lipinski definition) is 1. The molecule has 0 aliphatic carbocycles. The van der Waals surface area contributed by atoms with Gasteiger partial charge in [0.2, 0.25) is 15.9 Å². The second kappa shape index (κ2) is 9.41. The molecule has 1 fully saturated rings. The van der Waals surface area contributed by atoms with Crippen LogP contribution in [0.4, 0.5) is 5.69 Å². The monoisotopic (exact) mass is 416 g/mol. The van der Waals surface area contributed by atoms with E-state index < -0.39 is 10.0 Å². The van der Waals surface area contributed by atoms with Crippen LogP contribution in [0.2, 0.25) is 0 Å². The van der Waals surface area contributed by atoms with Crippen molar-refractivity contribution in [2.75, 3.05) is 25.0 Å². The van der Waals surface area contributed by atoms with Gasteiger partial charge in [-0.05, 0) is 54.7 Å². The number of benzene rings is 2. The summed E-state index contributed by atoms with van der Waals surface area (Å²) >= 11 is 0. The Balaban J connectivity index is 1.54. The average molecular weight is 417 g/mol. The van der Waals surface area contributed by atoms with Crippen molar-refractivity contribution in [2.24, 2.45) is 11.8 Å². The molecule has 2 aromatic rings. The van der Waals surface area contributed by atoms with E-state index in [0.29, 0.717) is 30.6 Å². The van der Waals surface area contributed by atoms with Crippen molar-refractivity contribution in [2.45, 2.75) is 31.6 Å². The molecule has 2 aromatic carbocycles. The summed E-state index contributed by atoms with van der Waals surface area (Å²) in [6, 6.07) is 15.7. The summed E-state index contributed by atoms with van der Waals surface area (Å²) in [4.78, 5) is 12.3. The van der Waals surface area contributed by atoms with Crippen molar-refractivity contribution in [1.29, 1.82) is 0 Å². The normalized spacial score (nSPS) is 20.2. The third-order valence-electron chi connectivity index (χ3n) is 4.95. The number of amides is 1. The molecule has 6 nitrogen and oxygen atoms in total. The molecule has 0 radical (unpaired) electrons. The molecule has 7 heteroatoms. The minimum atomic E-state index is -3.52. The van der Waals surface area contributed by atoms with Crippen molar-refractivity contribution >= 4 is 21.6 Å². The van der Waals surface area contributed by atoms with Crippen molar-refractivity contribution in [3.05, 3.63) is 54.6 Å². The van der Waals surface area contributed by atoms with E-state index in [4.69, 9.17) is 4.74 Å². The number of rotatable bonds is 7. The zero-order valence-corrected chi connectivity index (χ0v) is 17.7. The Bertz CT molecular complexity index is 904. The Hall–Kier alpha value is -2.38. The summed E-state index contributed by atoms with van der Waals surface area (Å²) in [5.74, 6) is 1.24. The van der Waals surface area contributed by atoms with Crippen LogP contribution in [0.1, 0.15) is 26.7 Å². The maximum atomic E-state index is 12.9. The van der Waals surface area contributed by atoms with Gasteiger partial charge in [0, 0.05) is 18.8 Å².